The highest BCUT2D eigenvalue weighted by atomic mass is 19.1. The number of hydrogen-bond donors (Lipinski definition) is 7. The second-order valence-electron chi connectivity index (χ2n) is 7.38. The molecule has 4 rings (SSSR count). The lowest BCUT2D eigenvalue weighted by Crippen LogP contribution is -2.61. The van der Waals surface area contributed by atoms with Gasteiger partial charge in [0, 0.05) is 31.8 Å². The Bertz CT molecular complexity index is 575. The molecule has 8 N–H and O–H groups in total. The zero-order valence-corrected chi connectivity index (χ0v) is 14.8. The number of hydrogen-bond acceptors (Lipinski definition) is 9. The number of halogens is 1. The number of amides is 1. The fourth-order valence-electron chi connectivity index (χ4n) is 4.41. The monoisotopic (exact) mass is 369 g/mol. The summed E-state index contributed by atoms with van der Waals surface area (Å²) < 4.78 is 13.5. The van der Waals surface area contributed by atoms with Gasteiger partial charge in [0.25, 0.3) is 0 Å². The zero-order chi connectivity index (χ0) is 18.3. The second-order valence-corrected chi connectivity index (χ2v) is 7.38. The third-order valence-electron chi connectivity index (χ3n) is 5.74. The Morgan fingerprint density at radius 1 is 1.42 bits per heavy atom. The molecule has 0 aromatic heterocycles. The Balaban J connectivity index is 1.44. The van der Waals surface area contributed by atoms with Gasteiger partial charge in [-0.3, -0.25) is 10.1 Å². The molecule has 10 nitrogen and oxygen atoms in total. The van der Waals surface area contributed by atoms with E-state index in [0.29, 0.717) is 6.54 Å². The number of carbonyl (C=O) groups is 1. The molecule has 26 heavy (non-hydrogen) atoms. The van der Waals surface area contributed by atoms with Crippen LogP contribution < -0.4 is 37.9 Å². The second kappa shape index (κ2) is 7.35. The van der Waals surface area contributed by atoms with E-state index >= 15 is 0 Å². The number of nitrogens with zero attached hydrogens (tertiary/aromatic N) is 2. The highest BCUT2D eigenvalue weighted by Crippen LogP contribution is 2.25. The average molecular weight is 369 g/mol. The number of piperidine rings is 1. The molecule has 4 aliphatic heterocycles. The molecule has 0 aliphatic carbocycles. The van der Waals surface area contributed by atoms with E-state index in [1.807, 2.05) is 7.05 Å². The van der Waals surface area contributed by atoms with Crippen molar-refractivity contribution in [3.8, 4) is 0 Å². The minimum atomic E-state index is -0.559. The summed E-state index contributed by atoms with van der Waals surface area (Å²) in [6.07, 6.45) is 1.53. The van der Waals surface area contributed by atoms with Crippen LogP contribution in [0.1, 0.15) is 6.42 Å². The predicted octanol–water partition coefficient (Wildman–Crippen LogP) is -3.13. The molecule has 4 heterocycles. The van der Waals surface area contributed by atoms with E-state index in [0.717, 1.165) is 19.6 Å². The van der Waals surface area contributed by atoms with Gasteiger partial charge in [0.1, 0.15) is 17.9 Å². The lowest BCUT2D eigenvalue weighted by molar-refractivity contribution is -0.127. The summed E-state index contributed by atoms with van der Waals surface area (Å²) in [6.45, 7) is 2.47. The summed E-state index contributed by atoms with van der Waals surface area (Å²) in [4.78, 5) is 13.0. The van der Waals surface area contributed by atoms with Crippen LogP contribution in [0, 0.1) is 11.8 Å². The number of hydrazine groups is 2. The Labute approximate surface area is 152 Å². The molecule has 11 heteroatoms. The molecule has 1 amide bonds. The molecule has 4 aliphatic rings. The summed E-state index contributed by atoms with van der Waals surface area (Å²) in [5.74, 6) is -0.637. The number of rotatable bonds is 3. The SMILES string of the molecule is CN1NCNC1C1CCNCC1NC(=O)C1C(N)NN2CC(F)=CNC12. The summed E-state index contributed by atoms with van der Waals surface area (Å²) in [5, 5.41) is 16.6. The summed E-state index contributed by atoms with van der Waals surface area (Å²) >= 11 is 0. The smallest absolute Gasteiger partial charge is 0.229 e. The van der Waals surface area contributed by atoms with Crippen molar-refractivity contribution in [1.29, 1.82) is 0 Å². The normalized spacial score (nSPS) is 41.4. The van der Waals surface area contributed by atoms with Crippen molar-refractivity contribution < 1.29 is 9.18 Å². The van der Waals surface area contributed by atoms with Crippen molar-refractivity contribution in [2.75, 3.05) is 33.4 Å². The molecule has 0 aromatic rings. The maximum Gasteiger partial charge on any atom is 0.229 e. The largest absolute Gasteiger partial charge is 0.372 e. The molecule has 0 aromatic carbocycles. The van der Waals surface area contributed by atoms with Crippen molar-refractivity contribution in [2.45, 2.75) is 31.0 Å². The van der Waals surface area contributed by atoms with Crippen LogP contribution in [0.25, 0.3) is 0 Å². The van der Waals surface area contributed by atoms with Crippen LogP contribution in [0.4, 0.5) is 4.39 Å². The molecule has 146 valence electrons. The first kappa shape index (κ1) is 18.0. The van der Waals surface area contributed by atoms with Gasteiger partial charge in [-0.1, -0.05) is 0 Å². The fraction of sp³-hybridized carbons (Fsp3) is 0.800. The molecule has 0 spiro atoms. The zero-order valence-electron chi connectivity index (χ0n) is 14.8. The van der Waals surface area contributed by atoms with Crippen molar-refractivity contribution in [1.82, 2.24) is 42.1 Å². The Kier molecular flexibility index (Phi) is 5.10. The predicted molar refractivity (Wildman–Crippen MR) is 93.0 cm³/mol. The van der Waals surface area contributed by atoms with Gasteiger partial charge < -0.3 is 21.7 Å². The minimum absolute atomic E-state index is 0.00628. The van der Waals surface area contributed by atoms with Crippen LogP contribution in [-0.2, 0) is 4.79 Å². The highest BCUT2D eigenvalue weighted by Gasteiger charge is 2.47. The lowest BCUT2D eigenvalue weighted by Gasteiger charge is -2.39. The standard InChI is InChI=1S/C15H28FN9O/c1-24-13(20-7-21-24)9-2-3-18-5-10(9)22-15(26)11-12(17)23-25-6-8(16)4-19-14(11)25/h4,9-14,18-21,23H,2-3,5-7,17H2,1H3,(H,22,26). The summed E-state index contributed by atoms with van der Waals surface area (Å²) in [7, 11) is 2.01. The van der Waals surface area contributed by atoms with Gasteiger partial charge in [-0.25, -0.2) is 25.3 Å². The van der Waals surface area contributed by atoms with Crippen molar-refractivity contribution >= 4 is 5.91 Å². The van der Waals surface area contributed by atoms with E-state index in [-0.39, 0.29) is 42.6 Å². The first-order valence-corrected chi connectivity index (χ1v) is 9.14. The van der Waals surface area contributed by atoms with E-state index in [1.54, 1.807) is 5.01 Å². The lowest BCUT2D eigenvalue weighted by atomic mass is 9.88. The molecule has 0 bridgehead atoms. The number of fused-ring (bicyclic) bond motifs is 1. The molecular formula is C15H28FN9O. The Morgan fingerprint density at radius 3 is 3.04 bits per heavy atom. The molecular weight excluding hydrogens is 341 g/mol. The van der Waals surface area contributed by atoms with Crippen LogP contribution in [0.2, 0.25) is 0 Å². The van der Waals surface area contributed by atoms with Crippen LogP contribution in [0.3, 0.4) is 0 Å². The molecule has 3 fully saturated rings. The number of nitrogens with two attached hydrogens (primary N) is 1. The molecule has 6 atom stereocenters. The van der Waals surface area contributed by atoms with E-state index in [1.165, 1.54) is 6.20 Å². The summed E-state index contributed by atoms with van der Waals surface area (Å²) in [6, 6.07) is -0.00628. The molecule has 0 saturated carbocycles. The molecule has 3 saturated heterocycles. The maximum atomic E-state index is 13.5. The van der Waals surface area contributed by atoms with Gasteiger partial charge in [-0.2, -0.15) is 0 Å². The number of carbonyl (C=O) groups excluding carboxylic acids is 1. The Morgan fingerprint density at radius 2 is 2.27 bits per heavy atom. The maximum absolute atomic E-state index is 13.5. The van der Waals surface area contributed by atoms with E-state index in [9.17, 15) is 9.18 Å². The van der Waals surface area contributed by atoms with Crippen molar-refractivity contribution in [3.05, 3.63) is 12.0 Å². The van der Waals surface area contributed by atoms with Gasteiger partial charge in [-0.05, 0) is 13.0 Å². The molecule has 0 radical (unpaired) electrons. The van der Waals surface area contributed by atoms with Gasteiger partial charge in [-0.15, -0.1) is 0 Å². The topological polar surface area (TPSA) is 122 Å². The first-order chi connectivity index (χ1) is 12.5. The van der Waals surface area contributed by atoms with Gasteiger partial charge >= 0.3 is 0 Å². The van der Waals surface area contributed by atoms with Crippen LogP contribution >= 0.6 is 0 Å². The third kappa shape index (κ3) is 3.31. The van der Waals surface area contributed by atoms with Gasteiger partial charge in [0.2, 0.25) is 5.91 Å². The van der Waals surface area contributed by atoms with E-state index < -0.39 is 12.1 Å². The average Bonchev–Trinajstić information content (AvgIpc) is 3.17. The third-order valence-corrected chi connectivity index (χ3v) is 5.74. The quantitative estimate of drug-likeness (QED) is 0.277. The van der Waals surface area contributed by atoms with Crippen LogP contribution in [0.15, 0.2) is 12.0 Å². The van der Waals surface area contributed by atoms with Crippen LogP contribution in [-0.4, -0.2) is 73.8 Å². The fourth-order valence-corrected chi connectivity index (χ4v) is 4.41. The first-order valence-electron chi connectivity index (χ1n) is 9.14. The van der Waals surface area contributed by atoms with E-state index in [2.05, 4.69) is 37.1 Å². The Hall–Kier alpha value is -1.34. The van der Waals surface area contributed by atoms with Crippen LogP contribution in [0.5, 0.6) is 0 Å². The molecule has 6 unspecified atom stereocenters. The van der Waals surface area contributed by atoms with E-state index in [4.69, 9.17) is 5.73 Å². The van der Waals surface area contributed by atoms with Crippen molar-refractivity contribution in [2.24, 2.45) is 17.6 Å². The highest BCUT2D eigenvalue weighted by molar-refractivity contribution is 5.81. The van der Waals surface area contributed by atoms with Gasteiger partial charge in [0.15, 0.2) is 0 Å². The minimum Gasteiger partial charge on any atom is -0.372 e. The van der Waals surface area contributed by atoms with Gasteiger partial charge in [0.05, 0.1) is 25.5 Å². The summed E-state index contributed by atoms with van der Waals surface area (Å²) in [5.41, 5.74) is 12.4. The van der Waals surface area contributed by atoms with Crippen molar-refractivity contribution in [3.63, 3.8) is 0 Å². The number of nitrogens with one attached hydrogen (secondary N) is 6.